The van der Waals surface area contributed by atoms with Crippen molar-refractivity contribution in [2.24, 2.45) is 5.73 Å². The lowest BCUT2D eigenvalue weighted by atomic mass is 10.0. The van der Waals surface area contributed by atoms with Gasteiger partial charge in [-0.15, -0.1) is 0 Å². The summed E-state index contributed by atoms with van der Waals surface area (Å²) in [5.74, 6) is 0. The van der Waals surface area contributed by atoms with Crippen LogP contribution in [0.1, 0.15) is 17.2 Å². The Hall–Kier alpha value is -3.87. The number of urea groups is 1. The molecule has 33 heavy (non-hydrogen) atoms. The summed E-state index contributed by atoms with van der Waals surface area (Å²) in [5.41, 5.74) is 7.96. The summed E-state index contributed by atoms with van der Waals surface area (Å²) < 4.78 is 28.7. The highest BCUT2D eigenvalue weighted by Crippen LogP contribution is 2.33. The van der Waals surface area contributed by atoms with Crippen molar-refractivity contribution in [3.05, 3.63) is 90.0 Å². The van der Waals surface area contributed by atoms with Gasteiger partial charge >= 0.3 is 6.03 Å². The maximum atomic E-state index is 13.6. The van der Waals surface area contributed by atoms with E-state index in [9.17, 15) is 13.2 Å². The standard InChI is InChI=1S/C24H23N5O3S/c25-16-18-6-10-21(11-7-18)28-14-15-29(23(17-28)19-4-2-1-3-5-19)33(31,32)22-12-8-20(9-13-22)27-24(26)30/h1-13,23H,14-15,17H2,(H3,26,27,30). The minimum atomic E-state index is -3.80. The van der Waals surface area contributed by atoms with Gasteiger partial charge in [-0.1, -0.05) is 30.3 Å². The number of primary amides is 1. The van der Waals surface area contributed by atoms with Crippen LogP contribution in [0.5, 0.6) is 0 Å². The lowest BCUT2D eigenvalue weighted by Gasteiger charge is -2.41. The molecule has 2 amide bonds. The van der Waals surface area contributed by atoms with Gasteiger partial charge in [-0.05, 0) is 54.1 Å². The van der Waals surface area contributed by atoms with E-state index < -0.39 is 22.1 Å². The first-order valence-electron chi connectivity index (χ1n) is 10.4. The van der Waals surface area contributed by atoms with E-state index in [0.717, 1.165) is 11.3 Å². The number of sulfonamides is 1. The van der Waals surface area contributed by atoms with Crippen LogP contribution >= 0.6 is 0 Å². The van der Waals surface area contributed by atoms with Crippen molar-refractivity contribution in [2.45, 2.75) is 10.9 Å². The van der Waals surface area contributed by atoms with E-state index in [1.165, 1.54) is 28.6 Å². The van der Waals surface area contributed by atoms with Crippen LogP contribution in [-0.2, 0) is 10.0 Å². The second-order valence-corrected chi connectivity index (χ2v) is 9.55. The summed E-state index contributed by atoms with van der Waals surface area (Å²) in [6, 6.07) is 23.8. The quantitative estimate of drug-likeness (QED) is 0.604. The minimum absolute atomic E-state index is 0.144. The van der Waals surface area contributed by atoms with Gasteiger partial charge in [-0.3, -0.25) is 0 Å². The first-order valence-corrected chi connectivity index (χ1v) is 11.8. The maximum absolute atomic E-state index is 13.6. The molecule has 9 heteroatoms. The van der Waals surface area contributed by atoms with E-state index in [4.69, 9.17) is 11.0 Å². The number of rotatable bonds is 5. The monoisotopic (exact) mass is 461 g/mol. The first-order chi connectivity index (χ1) is 15.9. The number of benzene rings is 3. The number of nitriles is 1. The zero-order chi connectivity index (χ0) is 23.4. The maximum Gasteiger partial charge on any atom is 0.316 e. The molecule has 0 saturated carbocycles. The molecule has 3 aromatic rings. The Balaban J connectivity index is 1.65. The lowest BCUT2D eigenvalue weighted by Crippen LogP contribution is -2.50. The van der Waals surface area contributed by atoms with Gasteiger partial charge in [0.25, 0.3) is 0 Å². The molecule has 1 fully saturated rings. The SMILES string of the molecule is N#Cc1ccc(N2CCN(S(=O)(=O)c3ccc(NC(N)=O)cc3)C(c3ccccc3)C2)cc1. The fourth-order valence-electron chi connectivity index (χ4n) is 3.97. The molecule has 0 spiro atoms. The van der Waals surface area contributed by atoms with E-state index in [2.05, 4.69) is 16.3 Å². The van der Waals surface area contributed by atoms with E-state index in [-0.39, 0.29) is 4.90 Å². The number of piperazine rings is 1. The van der Waals surface area contributed by atoms with Gasteiger partial charge in [-0.25, -0.2) is 13.2 Å². The number of nitrogens with two attached hydrogens (primary N) is 1. The third kappa shape index (κ3) is 4.82. The molecular formula is C24H23N5O3S. The third-order valence-electron chi connectivity index (χ3n) is 5.61. The third-order valence-corrected chi connectivity index (χ3v) is 7.53. The number of hydrogen-bond acceptors (Lipinski definition) is 5. The lowest BCUT2D eigenvalue weighted by molar-refractivity contribution is 0.259. The number of anilines is 2. The predicted molar refractivity (Wildman–Crippen MR) is 126 cm³/mol. The molecule has 0 bridgehead atoms. The zero-order valence-electron chi connectivity index (χ0n) is 17.8. The molecule has 1 aliphatic rings. The Morgan fingerprint density at radius 2 is 1.64 bits per heavy atom. The van der Waals surface area contributed by atoms with Gasteiger partial charge in [0, 0.05) is 31.0 Å². The van der Waals surface area contributed by atoms with Gasteiger partial charge in [0.15, 0.2) is 0 Å². The normalized spacial score (nSPS) is 16.7. The molecule has 3 N–H and O–H groups in total. The van der Waals surface area contributed by atoms with E-state index in [1.807, 2.05) is 42.5 Å². The molecular weight excluding hydrogens is 438 g/mol. The Morgan fingerprint density at radius 3 is 2.24 bits per heavy atom. The fourth-order valence-corrected chi connectivity index (χ4v) is 5.57. The summed E-state index contributed by atoms with van der Waals surface area (Å²) in [6.07, 6.45) is 0. The predicted octanol–water partition coefficient (Wildman–Crippen LogP) is 3.30. The molecule has 0 radical (unpaired) electrons. The molecule has 1 heterocycles. The Morgan fingerprint density at radius 1 is 0.970 bits per heavy atom. The van der Waals surface area contributed by atoms with Crippen LogP contribution in [0.3, 0.4) is 0 Å². The van der Waals surface area contributed by atoms with Gasteiger partial charge in [0.2, 0.25) is 10.0 Å². The summed E-state index contributed by atoms with van der Waals surface area (Å²) in [4.78, 5) is 13.3. The van der Waals surface area contributed by atoms with Crippen LogP contribution in [-0.4, -0.2) is 38.4 Å². The minimum Gasteiger partial charge on any atom is -0.368 e. The first kappa shape index (κ1) is 22.3. The number of nitrogens with one attached hydrogen (secondary N) is 1. The zero-order valence-corrected chi connectivity index (χ0v) is 18.6. The smallest absolute Gasteiger partial charge is 0.316 e. The molecule has 0 aromatic heterocycles. The second-order valence-electron chi connectivity index (χ2n) is 7.66. The second kappa shape index (κ2) is 9.32. The highest BCUT2D eigenvalue weighted by molar-refractivity contribution is 7.89. The van der Waals surface area contributed by atoms with E-state index in [0.29, 0.717) is 30.9 Å². The van der Waals surface area contributed by atoms with Crippen LogP contribution < -0.4 is 16.0 Å². The molecule has 1 aliphatic heterocycles. The topological polar surface area (TPSA) is 120 Å². The van der Waals surface area contributed by atoms with Crippen molar-refractivity contribution in [3.63, 3.8) is 0 Å². The fraction of sp³-hybridized carbons (Fsp3) is 0.167. The largest absolute Gasteiger partial charge is 0.368 e. The molecule has 1 atom stereocenters. The summed E-state index contributed by atoms with van der Waals surface area (Å²) in [6.45, 7) is 1.27. The van der Waals surface area contributed by atoms with Gasteiger partial charge in [-0.2, -0.15) is 9.57 Å². The Labute approximate surface area is 192 Å². The average molecular weight is 462 g/mol. The van der Waals surface area contributed by atoms with Crippen LogP contribution in [0.25, 0.3) is 0 Å². The highest BCUT2D eigenvalue weighted by atomic mass is 32.2. The summed E-state index contributed by atoms with van der Waals surface area (Å²) in [5, 5.41) is 11.5. The van der Waals surface area contributed by atoms with E-state index >= 15 is 0 Å². The number of hydrogen-bond donors (Lipinski definition) is 2. The van der Waals surface area contributed by atoms with Crippen LogP contribution in [0.15, 0.2) is 83.8 Å². The van der Waals surface area contributed by atoms with Crippen molar-refractivity contribution in [3.8, 4) is 6.07 Å². The molecule has 3 aromatic carbocycles. The van der Waals surface area contributed by atoms with Crippen molar-refractivity contribution in [2.75, 3.05) is 29.9 Å². The Bertz CT molecular complexity index is 1270. The van der Waals surface area contributed by atoms with E-state index in [1.54, 1.807) is 12.1 Å². The van der Waals surface area contributed by atoms with Crippen LogP contribution in [0, 0.1) is 11.3 Å². The number of carbonyl (C=O) groups is 1. The highest BCUT2D eigenvalue weighted by Gasteiger charge is 2.37. The molecule has 168 valence electrons. The molecule has 1 saturated heterocycles. The van der Waals surface area contributed by atoms with Crippen molar-refractivity contribution >= 4 is 27.4 Å². The van der Waals surface area contributed by atoms with Gasteiger partial charge < -0.3 is 16.0 Å². The van der Waals surface area contributed by atoms with Crippen molar-refractivity contribution in [1.82, 2.24) is 4.31 Å². The molecule has 4 rings (SSSR count). The van der Waals surface area contributed by atoms with Crippen molar-refractivity contribution in [1.29, 1.82) is 5.26 Å². The number of nitrogens with zero attached hydrogens (tertiary/aromatic N) is 3. The van der Waals surface area contributed by atoms with Crippen LogP contribution in [0.2, 0.25) is 0 Å². The van der Waals surface area contributed by atoms with Crippen LogP contribution in [0.4, 0.5) is 16.2 Å². The summed E-state index contributed by atoms with van der Waals surface area (Å²) in [7, 11) is -3.80. The molecule has 8 nitrogen and oxygen atoms in total. The Kier molecular flexibility index (Phi) is 6.31. The molecule has 0 aliphatic carbocycles. The average Bonchev–Trinajstić information content (AvgIpc) is 2.84. The molecule has 1 unspecified atom stereocenters. The van der Waals surface area contributed by atoms with Gasteiger partial charge in [0.05, 0.1) is 22.6 Å². The summed E-state index contributed by atoms with van der Waals surface area (Å²) >= 11 is 0. The number of amides is 2. The number of carbonyl (C=O) groups excluding carboxylic acids is 1. The van der Waals surface area contributed by atoms with Gasteiger partial charge in [0.1, 0.15) is 0 Å². The van der Waals surface area contributed by atoms with Crippen molar-refractivity contribution < 1.29 is 13.2 Å².